The van der Waals surface area contributed by atoms with Gasteiger partial charge in [0.15, 0.2) is 5.41 Å². The fraction of sp³-hybridized carbons (Fsp3) is 0.923. The van der Waals surface area contributed by atoms with Gasteiger partial charge in [-0.25, -0.2) is 0 Å². The number of nitrogens with two attached hydrogens (primary N) is 1. The van der Waals surface area contributed by atoms with E-state index in [4.69, 9.17) is 5.73 Å². The Hall–Kier alpha value is -0.700. The molecule has 0 radical (unpaired) electrons. The molecule has 0 atom stereocenters. The first kappa shape index (κ1) is 22.3. The van der Waals surface area contributed by atoms with Crippen molar-refractivity contribution in [3.05, 3.63) is 0 Å². The predicted octanol–water partition coefficient (Wildman–Crippen LogP) is 3.52. The minimum absolute atomic E-state index is 0. The van der Waals surface area contributed by atoms with Crippen molar-refractivity contribution in [3.63, 3.8) is 0 Å². The van der Waals surface area contributed by atoms with Gasteiger partial charge in [0.1, 0.15) is 0 Å². The number of carbonyl (C=O) groups is 1. The standard InChI is InChI=1S/C13H20F6N2O.ClH/c1-3-10(4-2,7-20)9(22)21-6-5-11(8-21,12(14,15)16)13(17,18)19;/h3-8,20H2,1-2H3;1H. The van der Waals surface area contributed by atoms with Crippen LogP contribution in [0.1, 0.15) is 33.1 Å². The smallest absolute Gasteiger partial charge is 0.341 e. The second-order valence-corrected chi connectivity index (χ2v) is 5.75. The molecular formula is C13H21ClF6N2O. The summed E-state index contributed by atoms with van der Waals surface area (Å²) in [5.74, 6) is -0.727. The fourth-order valence-corrected chi connectivity index (χ4v) is 2.87. The summed E-state index contributed by atoms with van der Waals surface area (Å²) in [5, 5.41) is 0. The Kier molecular flexibility index (Phi) is 6.83. The molecule has 2 N–H and O–H groups in total. The zero-order chi connectivity index (χ0) is 17.4. The molecular weight excluding hydrogens is 350 g/mol. The Balaban J connectivity index is 0.00000484. The van der Waals surface area contributed by atoms with Crippen molar-refractivity contribution >= 4 is 18.3 Å². The second kappa shape index (κ2) is 7.04. The van der Waals surface area contributed by atoms with Crippen LogP contribution in [0.15, 0.2) is 0 Å². The van der Waals surface area contributed by atoms with E-state index in [-0.39, 0.29) is 31.8 Å². The first-order valence-corrected chi connectivity index (χ1v) is 7.03. The number of hydrogen-bond donors (Lipinski definition) is 1. The lowest BCUT2D eigenvalue weighted by Crippen LogP contribution is -2.54. The Morgan fingerprint density at radius 3 is 1.78 bits per heavy atom. The lowest BCUT2D eigenvalue weighted by molar-refractivity contribution is -0.335. The van der Waals surface area contributed by atoms with Gasteiger partial charge in [-0.15, -0.1) is 12.4 Å². The van der Waals surface area contributed by atoms with E-state index < -0.39 is 48.6 Å². The summed E-state index contributed by atoms with van der Waals surface area (Å²) in [6.45, 7) is 1.22. The van der Waals surface area contributed by atoms with Crippen LogP contribution in [0.25, 0.3) is 0 Å². The van der Waals surface area contributed by atoms with Crippen LogP contribution in [0, 0.1) is 10.8 Å². The number of hydrogen-bond acceptors (Lipinski definition) is 2. The third-order valence-corrected chi connectivity index (χ3v) is 4.84. The molecule has 10 heteroatoms. The molecule has 0 aliphatic carbocycles. The minimum Gasteiger partial charge on any atom is -0.341 e. The van der Waals surface area contributed by atoms with Gasteiger partial charge in [-0.05, 0) is 19.3 Å². The van der Waals surface area contributed by atoms with Gasteiger partial charge in [0, 0.05) is 19.6 Å². The van der Waals surface area contributed by atoms with E-state index in [2.05, 4.69) is 0 Å². The zero-order valence-corrected chi connectivity index (χ0v) is 13.7. The molecule has 1 heterocycles. The molecule has 1 aliphatic rings. The lowest BCUT2D eigenvalue weighted by atomic mass is 9.80. The summed E-state index contributed by atoms with van der Waals surface area (Å²) in [6.07, 6.45) is -11.5. The van der Waals surface area contributed by atoms with E-state index in [1.54, 1.807) is 13.8 Å². The van der Waals surface area contributed by atoms with Crippen LogP contribution in [-0.2, 0) is 4.79 Å². The maximum Gasteiger partial charge on any atom is 0.404 e. The van der Waals surface area contributed by atoms with Crippen molar-refractivity contribution in [2.45, 2.75) is 45.5 Å². The van der Waals surface area contributed by atoms with Crippen molar-refractivity contribution < 1.29 is 31.1 Å². The molecule has 0 saturated carbocycles. The molecule has 1 aliphatic heterocycles. The van der Waals surface area contributed by atoms with Gasteiger partial charge < -0.3 is 10.6 Å². The van der Waals surface area contributed by atoms with Crippen molar-refractivity contribution in [2.24, 2.45) is 16.6 Å². The van der Waals surface area contributed by atoms with Crippen molar-refractivity contribution in [2.75, 3.05) is 19.6 Å². The molecule has 0 bridgehead atoms. The number of halogens is 7. The molecule has 0 aromatic carbocycles. The van der Waals surface area contributed by atoms with Crippen molar-refractivity contribution in [1.82, 2.24) is 4.90 Å². The zero-order valence-electron chi connectivity index (χ0n) is 12.9. The van der Waals surface area contributed by atoms with Gasteiger partial charge in [0.05, 0.1) is 5.41 Å². The molecule has 0 aromatic rings. The van der Waals surface area contributed by atoms with E-state index in [0.717, 1.165) is 0 Å². The molecule has 0 unspecified atom stereocenters. The molecule has 1 rings (SSSR count). The van der Waals surface area contributed by atoms with Crippen LogP contribution in [0.3, 0.4) is 0 Å². The fourth-order valence-electron chi connectivity index (χ4n) is 2.87. The summed E-state index contributed by atoms with van der Waals surface area (Å²) in [5.41, 5.74) is 0.591. The molecule has 0 spiro atoms. The molecule has 1 fully saturated rings. The van der Waals surface area contributed by atoms with Crippen LogP contribution >= 0.6 is 12.4 Å². The Morgan fingerprint density at radius 1 is 1.09 bits per heavy atom. The highest BCUT2D eigenvalue weighted by Crippen LogP contribution is 2.56. The molecule has 23 heavy (non-hydrogen) atoms. The summed E-state index contributed by atoms with van der Waals surface area (Å²) in [6, 6.07) is 0. The third-order valence-electron chi connectivity index (χ3n) is 4.84. The van der Waals surface area contributed by atoms with Crippen LogP contribution in [0.5, 0.6) is 0 Å². The summed E-state index contributed by atoms with van der Waals surface area (Å²) in [4.78, 5) is 13.1. The van der Waals surface area contributed by atoms with Gasteiger partial charge in [-0.2, -0.15) is 26.3 Å². The molecule has 0 aromatic heterocycles. The van der Waals surface area contributed by atoms with E-state index in [9.17, 15) is 31.1 Å². The topological polar surface area (TPSA) is 46.3 Å². The van der Waals surface area contributed by atoms with Gasteiger partial charge in [0.2, 0.25) is 5.91 Å². The number of carbonyl (C=O) groups excluding carboxylic acids is 1. The minimum atomic E-state index is -5.45. The number of likely N-dealkylation sites (tertiary alicyclic amines) is 1. The predicted molar refractivity (Wildman–Crippen MR) is 75.1 cm³/mol. The highest BCUT2D eigenvalue weighted by atomic mass is 35.5. The molecule has 1 saturated heterocycles. The Morgan fingerprint density at radius 2 is 1.52 bits per heavy atom. The van der Waals surface area contributed by atoms with E-state index in [1.807, 2.05) is 0 Å². The molecule has 3 nitrogen and oxygen atoms in total. The number of rotatable bonds is 4. The van der Waals surface area contributed by atoms with Gasteiger partial charge in [0.25, 0.3) is 0 Å². The maximum absolute atomic E-state index is 13.0. The Bertz CT molecular complexity index is 397. The van der Waals surface area contributed by atoms with E-state index >= 15 is 0 Å². The summed E-state index contributed by atoms with van der Waals surface area (Å²) < 4.78 is 78.0. The monoisotopic (exact) mass is 370 g/mol. The maximum atomic E-state index is 13.0. The molecule has 1 amide bonds. The first-order valence-electron chi connectivity index (χ1n) is 7.03. The largest absolute Gasteiger partial charge is 0.404 e. The number of nitrogens with zero attached hydrogens (tertiary/aromatic N) is 1. The van der Waals surface area contributed by atoms with Crippen LogP contribution < -0.4 is 5.73 Å². The highest BCUT2D eigenvalue weighted by Gasteiger charge is 2.73. The van der Waals surface area contributed by atoms with Crippen molar-refractivity contribution in [1.29, 1.82) is 0 Å². The normalized spacial score (nSPS) is 18.7. The lowest BCUT2D eigenvalue weighted by Gasteiger charge is -2.36. The van der Waals surface area contributed by atoms with Gasteiger partial charge in [-0.3, -0.25) is 4.79 Å². The summed E-state index contributed by atoms with van der Waals surface area (Å²) in [7, 11) is 0. The van der Waals surface area contributed by atoms with E-state index in [0.29, 0.717) is 4.90 Å². The average molecular weight is 371 g/mol. The van der Waals surface area contributed by atoms with E-state index in [1.165, 1.54) is 0 Å². The van der Waals surface area contributed by atoms with Crippen molar-refractivity contribution in [3.8, 4) is 0 Å². The average Bonchev–Trinajstić information content (AvgIpc) is 2.86. The number of alkyl halides is 6. The second-order valence-electron chi connectivity index (χ2n) is 5.75. The Labute approximate surface area is 137 Å². The van der Waals surface area contributed by atoms with Crippen LogP contribution in [-0.4, -0.2) is 42.8 Å². The number of amides is 1. The third kappa shape index (κ3) is 3.55. The quantitative estimate of drug-likeness (QED) is 0.770. The SMILES string of the molecule is CCC(CC)(CN)C(=O)N1CCC(C(F)(F)F)(C(F)(F)F)C1.Cl. The van der Waals surface area contributed by atoms with Gasteiger partial charge in [-0.1, -0.05) is 13.8 Å². The van der Waals surface area contributed by atoms with Crippen LogP contribution in [0.4, 0.5) is 26.3 Å². The van der Waals surface area contributed by atoms with Gasteiger partial charge >= 0.3 is 12.4 Å². The molecule has 138 valence electrons. The highest BCUT2D eigenvalue weighted by molar-refractivity contribution is 5.85. The first-order chi connectivity index (χ1) is 9.90. The van der Waals surface area contributed by atoms with Crippen LogP contribution in [0.2, 0.25) is 0 Å². The summed E-state index contributed by atoms with van der Waals surface area (Å²) >= 11 is 0.